The van der Waals surface area contributed by atoms with Crippen molar-refractivity contribution < 1.29 is 4.74 Å². The van der Waals surface area contributed by atoms with Gasteiger partial charge in [-0.3, -0.25) is 4.79 Å². The van der Waals surface area contributed by atoms with Gasteiger partial charge in [-0.1, -0.05) is 6.07 Å². The number of H-pyrrole nitrogens is 1. The molecule has 0 unspecified atom stereocenters. The number of aromatic nitrogens is 3. The zero-order chi connectivity index (χ0) is 13.2. The second-order valence-corrected chi connectivity index (χ2v) is 5.30. The molecule has 0 atom stereocenters. The minimum atomic E-state index is -0.00790. The fourth-order valence-corrected chi connectivity index (χ4v) is 3.06. The van der Waals surface area contributed by atoms with Crippen LogP contribution >= 0.6 is 11.8 Å². The summed E-state index contributed by atoms with van der Waals surface area (Å²) in [4.78, 5) is 23.4. The molecule has 0 amide bonds. The lowest BCUT2D eigenvalue weighted by atomic mass is 10.2. The molecular weight excluding hydrogens is 262 g/mol. The van der Waals surface area contributed by atoms with Gasteiger partial charge < -0.3 is 9.72 Å². The Labute approximate surface area is 114 Å². The highest BCUT2D eigenvalue weighted by molar-refractivity contribution is 7.98. The van der Waals surface area contributed by atoms with E-state index in [0.29, 0.717) is 18.1 Å². The van der Waals surface area contributed by atoms with E-state index < -0.39 is 0 Å². The molecule has 1 aliphatic heterocycles. The number of fused-ring (bicyclic) bond motifs is 1. The second-order valence-electron chi connectivity index (χ2n) is 4.32. The minimum Gasteiger partial charge on any atom is -0.481 e. The largest absolute Gasteiger partial charge is 0.481 e. The van der Waals surface area contributed by atoms with Crippen LogP contribution in [0.4, 0.5) is 0 Å². The van der Waals surface area contributed by atoms with E-state index in [9.17, 15) is 4.79 Å². The lowest BCUT2D eigenvalue weighted by molar-refractivity contribution is 0.397. The molecule has 0 bridgehead atoms. The Balaban J connectivity index is 1.87. The fraction of sp³-hybridized carbons (Fsp3) is 0.308. The van der Waals surface area contributed by atoms with Crippen molar-refractivity contribution in [2.24, 2.45) is 0 Å². The molecule has 0 aromatic carbocycles. The summed E-state index contributed by atoms with van der Waals surface area (Å²) in [5.74, 6) is 2.86. The SMILES string of the molecule is COc1ccc(Cc2nc3c(c(=O)[nH]2)CSC3)cn1. The van der Waals surface area contributed by atoms with Crippen LogP contribution in [-0.2, 0) is 17.9 Å². The predicted octanol–water partition coefficient (Wildman–Crippen LogP) is 1.51. The Morgan fingerprint density at radius 1 is 1.42 bits per heavy atom. The molecule has 3 heterocycles. The van der Waals surface area contributed by atoms with Gasteiger partial charge in [0.1, 0.15) is 5.82 Å². The van der Waals surface area contributed by atoms with Gasteiger partial charge in [-0.05, 0) is 5.56 Å². The molecule has 6 heteroatoms. The third-order valence-corrected chi connectivity index (χ3v) is 3.98. The van der Waals surface area contributed by atoms with Crippen molar-refractivity contribution in [2.45, 2.75) is 17.9 Å². The van der Waals surface area contributed by atoms with E-state index in [1.165, 1.54) is 0 Å². The number of hydrogen-bond acceptors (Lipinski definition) is 5. The molecule has 0 radical (unpaired) electrons. The van der Waals surface area contributed by atoms with E-state index in [0.717, 1.165) is 28.3 Å². The zero-order valence-corrected chi connectivity index (χ0v) is 11.3. The molecule has 1 aliphatic rings. The number of rotatable bonds is 3. The molecule has 1 N–H and O–H groups in total. The molecule has 0 saturated heterocycles. The number of methoxy groups -OCH3 is 1. The monoisotopic (exact) mass is 275 g/mol. The Morgan fingerprint density at radius 3 is 3.05 bits per heavy atom. The Morgan fingerprint density at radius 2 is 2.32 bits per heavy atom. The maximum Gasteiger partial charge on any atom is 0.255 e. The Hall–Kier alpha value is -1.82. The van der Waals surface area contributed by atoms with E-state index in [-0.39, 0.29) is 5.56 Å². The molecule has 0 saturated carbocycles. The molecule has 98 valence electrons. The summed E-state index contributed by atoms with van der Waals surface area (Å²) in [5.41, 5.74) is 2.73. The number of thioether (sulfide) groups is 1. The van der Waals surface area contributed by atoms with Crippen molar-refractivity contribution in [1.29, 1.82) is 0 Å². The van der Waals surface area contributed by atoms with E-state index in [2.05, 4.69) is 15.0 Å². The number of nitrogens with one attached hydrogen (secondary N) is 1. The number of nitrogens with zero attached hydrogens (tertiary/aromatic N) is 2. The maximum atomic E-state index is 11.9. The van der Waals surface area contributed by atoms with Gasteiger partial charge in [-0.2, -0.15) is 11.8 Å². The van der Waals surface area contributed by atoms with Crippen LogP contribution in [0.3, 0.4) is 0 Å². The number of ether oxygens (including phenoxy) is 1. The summed E-state index contributed by atoms with van der Waals surface area (Å²) >= 11 is 1.73. The predicted molar refractivity (Wildman–Crippen MR) is 73.5 cm³/mol. The van der Waals surface area contributed by atoms with Crippen LogP contribution < -0.4 is 10.3 Å². The summed E-state index contributed by atoms with van der Waals surface area (Å²) < 4.78 is 5.01. The number of hydrogen-bond donors (Lipinski definition) is 1. The molecule has 0 aliphatic carbocycles. The van der Waals surface area contributed by atoms with Crippen molar-refractivity contribution in [3.8, 4) is 5.88 Å². The van der Waals surface area contributed by atoms with Gasteiger partial charge in [0.25, 0.3) is 5.56 Å². The third-order valence-electron chi connectivity index (χ3n) is 3.01. The van der Waals surface area contributed by atoms with E-state index >= 15 is 0 Å². The van der Waals surface area contributed by atoms with Gasteiger partial charge in [-0.25, -0.2) is 9.97 Å². The first kappa shape index (κ1) is 12.2. The first-order chi connectivity index (χ1) is 9.26. The quantitative estimate of drug-likeness (QED) is 0.919. The van der Waals surface area contributed by atoms with Gasteiger partial charge in [0.05, 0.1) is 12.8 Å². The smallest absolute Gasteiger partial charge is 0.255 e. The molecule has 2 aromatic heterocycles. The Kier molecular flexibility index (Phi) is 3.25. The van der Waals surface area contributed by atoms with Gasteiger partial charge in [0.2, 0.25) is 5.88 Å². The summed E-state index contributed by atoms with van der Waals surface area (Å²) in [6.07, 6.45) is 2.31. The Bertz CT molecular complexity index is 652. The van der Waals surface area contributed by atoms with Crippen LogP contribution in [-0.4, -0.2) is 22.1 Å². The van der Waals surface area contributed by atoms with Crippen molar-refractivity contribution >= 4 is 11.8 Å². The van der Waals surface area contributed by atoms with Crippen LogP contribution in [0.2, 0.25) is 0 Å². The van der Waals surface area contributed by atoms with Gasteiger partial charge in [0.15, 0.2) is 0 Å². The third kappa shape index (κ3) is 2.49. The van der Waals surface area contributed by atoms with Gasteiger partial charge in [-0.15, -0.1) is 0 Å². The highest BCUT2D eigenvalue weighted by atomic mass is 32.2. The fourth-order valence-electron chi connectivity index (χ4n) is 2.03. The van der Waals surface area contributed by atoms with Crippen molar-refractivity contribution in [3.05, 3.63) is 51.3 Å². The molecule has 3 rings (SSSR count). The molecule has 0 spiro atoms. The molecule has 19 heavy (non-hydrogen) atoms. The molecule has 0 fully saturated rings. The minimum absolute atomic E-state index is 0.00790. The lowest BCUT2D eigenvalue weighted by Crippen LogP contribution is -2.17. The summed E-state index contributed by atoms with van der Waals surface area (Å²) in [5, 5.41) is 0. The average molecular weight is 275 g/mol. The number of pyridine rings is 1. The average Bonchev–Trinajstić information content (AvgIpc) is 2.88. The van der Waals surface area contributed by atoms with E-state index in [1.54, 1.807) is 31.1 Å². The standard InChI is InChI=1S/C13H13N3O2S/c1-18-12-3-2-8(5-14-12)4-11-15-10-7-19-6-9(10)13(17)16-11/h2-3,5H,4,6-7H2,1H3,(H,15,16,17). The summed E-state index contributed by atoms with van der Waals surface area (Å²) in [7, 11) is 1.58. The maximum absolute atomic E-state index is 11.9. The zero-order valence-electron chi connectivity index (χ0n) is 10.5. The van der Waals surface area contributed by atoms with Gasteiger partial charge in [0, 0.05) is 35.8 Å². The lowest BCUT2D eigenvalue weighted by Gasteiger charge is -2.04. The number of aromatic amines is 1. The van der Waals surface area contributed by atoms with Crippen LogP contribution in [0.15, 0.2) is 23.1 Å². The first-order valence-electron chi connectivity index (χ1n) is 5.94. The van der Waals surface area contributed by atoms with Crippen LogP contribution in [0, 0.1) is 0 Å². The van der Waals surface area contributed by atoms with Crippen molar-refractivity contribution in [3.63, 3.8) is 0 Å². The highest BCUT2D eigenvalue weighted by Gasteiger charge is 2.17. The summed E-state index contributed by atoms with van der Waals surface area (Å²) in [6, 6.07) is 3.73. The van der Waals surface area contributed by atoms with E-state index in [4.69, 9.17) is 4.74 Å². The topological polar surface area (TPSA) is 67.9 Å². The first-order valence-corrected chi connectivity index (χ1v) is 7.09. The van der Waals surface area contributed by atoms with E-state index in [1.807, 2.05) is 6.07 Å². The van der Waals surface area contributed by atoms with Crippen molar-refractivity contribution in [2.75, 3.05) is 7.11 Å². The van der Waals surface area contributed by atoms with Crippen LogP contribution in [0.25, 0.3) is 0 Å². The van der Waals surface area contributed by atoms with Crippen LogP contribution in [0.1, 0.15) is 22.6 Å². The molecule has 2 aromatic rings. The highest BCUT2D eigenvalue weighted by Crippen LogP contribution is 2.25. The summed E-state index contributed by atoms with van der Waals surface area (Å²) in [6.45, 7) is 0. The second kappa shape index (κ2) is 5.05. The normalized spacial score (nSPS) is 13.3. The van der Waals surface area contributed by atoms with Gasteiger partial charge >= 0.3 is 0 Å². The van der Waals surface area contributed by atoms with Crippen molar-refractivity contribution in [1.82, 2.24) is 15.0 Å². The molecule has 5 nitrogen and oxygen atoms in total. The molecular formula is C13H13N3O2S. The van der Waals surface area contributed by atoms with Crippen LogP contribution in [0.5, 0.6) is 5.88 Å².